The summed E-state index contributed by atoms with van der Waals surface area (Å²) in [6, 6.07) is 16.0. The van der Waals surface area contributed by atoms with Gasteiger partial charge in [-0.2, -0.15) is 4.37 Å². The fourth-order valence-corrected chi connectivity index (χ4v) is 5.43. The number of rotatable bonds is 7. The Kier molecular flexibility index (Phi) is 6.44. The van der Waals surface area contributed by atoms with E-state index in [-0.39, 0.29) is 5.91 Å². The van der Waals surface area contributed by atoms with E-state index in [9.17, 15) is 4.79 Å². The van der Waals surface area contributed by atoms with Crippen LogP contribution in [0.5, 0.6) is 0 Å². The molecule has 166 valence electrons. The molecule has 2 aliphatic rings. The SMILES string of the molecule is O=C(/C=C/c1cccc(Cl)c1)NCC1CC1CN1CCN(c2nsc3ccccc23)CC1. The highest BCUT2D eigenvalue weighted by atomic mass is 35.5. The molecule has 1 aliphatic heterocycles. The van der Waals surface area contributed by atoms with Crippen molar-refractivity contribution in [2.24, 2.45) is 11.8 Å². The van der Waals surface area contributed by atoms with Gasteiger partial charge >= 0.3 is 0 Å². The third-order valence-electron chi connectivity index (χ3n) is 6.41. The molecule has 0 radical (unpaired) electrons. The number of nitrogens with zero attached hydrogens (tertiary/aromatic N) is 3. The quantitative estimate of drug-likeness (QED) is 0.519. The summed E-state index contributed by atoms with van der Waals surface area (Å²) in [7, 11) is 0. The molecule has 2 aromatic carbocycles. The number of anilines is 1. The molecule has 2 heterocycles. The van der Waals surface area contributed by atoms with Crippen molar-refractivity contribution in [1.29, 1.82) is 0 Å². The van der Waals surface area contributed by atoms with Crippen LogP contribution >= 0.6 is 23.1 Å². The molecule has 0 spiro atoms. The molecule has 1 saturated heterocycles. The number of hydrogen-bond donors (Lipinski definition) is 1. The number of amides is 1. The number of benzene rings is 2. The van der Waals surface area contributed by atoms with E-state index >= 15 is 0 Å². The lowest BCUT2D eigenvalue weighted by Gasteiger charge is -2.35. The molecule has 1 saturated carbocycles. The minimum absolute atomic E-state index is 0.0419. The van der Waals surface area contributed by atoms with Crippen LogP contribution in [-0.2, 0) is 4.79 Å². The van der Waals surface area contributed by atoms with Gasteiger partial charge in [-0.1, -0.05) is 35.9 Å². The lowest BCUT2D eigenvalue weighted by molar-refractivity contribution is -0.116. The number of carbonyl (C=O) groups excluding carboxylic acids is 1. The summed E-state index contributed by atoms with van der Waals surface area (Å²) < 4.78 is 5.97. The van der Waals surface area contributed by atoms with Crippen LogP contribution in [0.1, 0.15) is 12.0 Å². The lowest BCUT2D eigenvalue weighted by Crippen LogP contribution is -2.47. The first-order valence-electron chi connectivity index (χ1n) is 11.2. The number of piperazine rings is 1. The molecule has 2 unspecified atom stereocenters. The Balaban J connectivity index is 1.03. The molecule has 1 aromatic heterocycles. The van der Waals surface area contributed by atoms with Gasteiger partial charge in [0.15, 0.2) is 0 Å². The molecule has 7 heteroatoms. The second-order valence-electron chi connectivity index (χ2n) is 8.68. The Morgan fingerprint density at radius 2 is 1.97 bits per heavy atom. The summed E-state index contributed by atoms with van der Waals surface area (Å²) >= 11 is 7.57. The molecule has 1 aliphatic carbocycles. The largest absolute Gasteiger partial charge is 0.353 e. The van der Waals surface area contributed by atoms with E-state index in [2.05, 4.69) is 39.4 Å². The molecular weight excluding hydrogens is 440 g/mol. The zero-order valence-corrected chi connectivity index (χ0v) is 19.5. The fraction of sp³-hybridized carbons (Fsp3) is 0.360. The van der Waals surface area contributed by atoms with Gasteiger partial charge in [-0.25, -0.2) is 0 Å². The monoisotopic (exact) mass is 466 g/mol. The summed E-state index contributed by atoms with van der Waals surface area (Å²) in [6.45, 7) is 6.08. The lowest BCUT2D eigenvalue weighted by atomic mass is 10.2. The molecular formula is C25H27ClN4OS. The Labute approximate surface area is 197 Å². The number of hydrogen-bond acceptors (Lipinski definition) is 5. The summed E-state index contributed by atoms with van der Waals surface area (Å²) in [5.74, 6) is 2.39. The first-order chi connectivity index (χ1) is 15.7. The second kappa shape index (κ2) is 9.61. The number of halogens is 1. The zero-order chi connectivity index (χ0) is 21.9. The van der Waals surface area contributed by atoms with Gasteiger partial charge in [-0.05, 0) is 65.7 Å². The molecule has 3 aromatic rings. The Bertz CT molecular complexity index is 1120. The predicted octanol–water partition coefficient (Wildman–Crippen LogP) is 4.54. The molecule has 2 fully saturated rings. The van der Waals surface area contributed by atoms with Crippen molar-refractivity contribution in [3.05, 3.63) is 65.2 Å². The smallest absolute Gasteiger partial charge is 0.244 e. The third-order valence-corrected chi connectivity index (χ3v) is 7.46. The van der Waals surface area contributed by atoms with Crippen LogP contribution in [0.2, 0.25) is 5.02 Å². The van der Waals surface area contributed by atoms with Gasteiger partial charge in [-0.15, -0.1) is 0 Å². The van der Waals surface area contributed by atoms with Crippen molar-refractivity contribution in [2.45, 2.75) is 6.42 Å². The van der Waals surface area contributed by atoms with Gasteiger partial charge in [0.05, 0.1) is 4.70 Å². The molecule has 2 atom stereocenters. The maximum Gasteiger partial charge on any atom is 0.244 e. The van der Waals surface area contributed by atoms with Gasteiger partial charge in [0, 0.05) is 55.8 Å². The average molecular weight is 467 g/mol. The van der Waals surface area contributed by atoms with E-state index in [1.807, 2.05) is 24.3 Å². The summed E-state index contributed by atoms with van der Waals surface area (Å²) in [6.07, 6.45) is 4.59. The van der Waals surface area contributed by atoms with Crippen LogP contribution in [0.15, 0.2) is 54.6 Å². The van der Waals surface area contributed by atoms with Gasteiger partial charge in [0.2, 0.25) is 5.91 Å². The van der Waals surface area contributed by atoms with E-state index in [0.717, 1.165) is 50.6 Å². The Hall–Kier alpha value is -2.41. The first kappa shape index (κ1) is 21.4. The van der Waals surface area contributed by atoms with Gasteiger partial charge in [-0.3, -0.25) is 9.69 Å². The summed E-state index contributed by atoms with van der Waals surface area (Å²) in [5, 5.41) is 4.99. The van der Waals surface area contributed by atoms with E-state index in [1.165, 1.54) is 16.5 Å². The van der Waals surface area contributed by atoms with Crippen LogP contribution in [0, 0.1) is 11.8 Å². The Morgan fingerprint density at radius 1 is 1.12 bits per heavy atom. The number of carbonyl (C=O) groups is 1. The van der Waals surface area contributed by atoms with Crippen LogP contribution in [0.3, 0.4) is 0 Å². The Morgan fingerprint density at radius 3 is 2.81 bits per heavy atom. The highest BCUT2D eigenvalue weighted by Gasteiger charge is 2.38. The fourth-order valence-electron chi connectivity index (χ4n) is 4.43. The van der Waals surface area contributed by atoms with Gasteiger partial charge in [0.25, 0.3) is 0 Å². The molecule has 1 amide bonds. The molecule has 5 rings (SSSR count). The highest BCUT2D eigenvalue weighted by molar-refractivity contribution is 7.13. The van der Waals surface area contributed by atoms with Crippen molar-refractivity contribution in [3.8, 4) is 0 Å². The maximum absolute atomic E-state index is 12.1. The van der Waals surface area contributed by atoms with Crippen LogP contribution in [0.25, 0.3) is 16.2 Å². The molecule has 32 heavy (non-hydrogen) atoms. The molecule has 0 bridgehead atoms. The summed E-state index contributed by atoms with van der Waals surface area (Å²) in [4.78, 5) is 17.1. The van der Waals surface area contributed by atoms with Crippen LogP contribution in [0.4, 0.5) is 5.82 Å². The zero-order valence-electron chi connectivity index (χ0n) is 17.9. The number of fused-ring (bicyclic) bond motifs is 1. The topological polar surface area (TPSA) is 48.5 Å². The van der Waals surface area contributed by atoms with Crippen LogP contribution < -0.4 is 10.2 Å². The maximum atomic E-state index is 12.1. The first-order valence-corrected chi connectivity index (χ1v) is 12.3. The van der Waals surface area contributed by atoms with Gasteiger partial charge in [0.1, 0.15) is 5.82 Å². The minimum Gasteiger partial charge on any atom is -0.353 e. The number of nitrogens with one attached hydrogen (secondary N) is 1. The molecule has 1 N–H and O–H groups in total. The van der Waals surface area contributed by atoms with Gasteiger partial charge < -0.3 is 10.2 Å². The summed E-state index contributed by atoms with van der Waals surface area (Å²) in [5.41, 5.74) is 0.932. The molecule has 5 nitrogen and oxygen atoms in total. The van der Waals surface area contributed by atoms with E-state index in [1.54, 1.807) is 23.7 Å². The number of aromatic nitrogens is 1. The van der Waals surface area contributed by atoms with Crippen molar-refractivity contribution in [1.82, 2.24) is 14.6 Å². The van der Waals surface area contributed by atoms with Crippen molar-refractivity contribution >= 4 is 51.0 Å². The van der Waals surface area contributed by atoms with E-state index < -0.39 is 0 Å². The standard InChI is InChI=1S/C25H27ClN4OS/c26-21-5-3-4-18(14-21)8-9-24(31)27-16-19-15-20(19)17-29-10-12-30(13-11-29)25-22-6-1-2-7-23(22)32-28-25/h1-9,14,19-20H,10-13,15-17H2,(H,27,31)/b9-8+. The predicted molar refractivity (Wildman–Crippen MR) is 133 cm³/mol. The van der Waals surface area contributed by atoms with E-state index in [4.69, 9.17) is 16.0 Å². The second-order valence-corrected chi connectivity index (χ2v) is 9.92. The van der Waals surface area contributed by atoms with Crippen molar-refractivity contribution in [3.63, 3.8) is 0 Å². The average Bonchev–Trinajstić information content (AvgIpc) is 3.41. The minimum atomic E-state index is -0.0419. The third kappa shape index (κ3) is 5.14. The van der Waals surface area contributed by atoms with E-state index in [0.29, 0.717) is 16.9 Å². The normalized spacial score (nSPS) is 21.3. The highest BCUT2D eigenvalue weighted by Crippen LogP contribution is 2.39. The van der Waals surface area contributed by atoms with Crippen molar-refractivity contribution in [2.75, 3.05) is 44.2 Å². The van der Waals surface area contributed by atoms with Crippen LogP contribution in [-0.4, -0.2) is 54.4 Å². The van der Waals surface area contributed by atoms with Crippen molar-refractivity contribution < 1.29 is 4.79 Å².